The van der Waals surface area contributed by atoms with E-state index in [1.165, 1.54) is 16.7 Å². The van der Waals surface area contributed by atoms with Crippen LogP contribution in [0.1, 0.15) is 30.9 Å². The van der Waals surface area contributed by atoms with Gasteiger partial charge in [-0.05, 0) is 31.2 Å². The number of rotatable bonds is 4. The van der Waals surface area contributed by atoms with Crippen molar-refractivity contribution in [1.29, 1.82) is 0 Å². The van der Waals surface area contributed by atoms with Gasteiger partial charge in [-0.25, -0.2) is 9.97 Å². The minimum absolute atomic E-state index is 0.0440. The smallest absolute Gasteiger partial charge is 0.133 e. The summed E-state index contributed by atoms with van der Waals surface area (Å²) in [7, 11) is 0. The lowest BCUT2D eigenvalue weighted by molar-refractivity contribution is 0.271. The van der Waals surface area contributed by atoms with Gasteiger partial charge in [0.15, 0.2) is 0 Å². The van der Waals surface area contributed by atoms with Gasteiger partial charge in [0.2, 0.25) is 0 Å². The first-order valence-electron chi connectivity index (χ1n) is 7.63. The molecule has 1 heterocycles. The summed E-state index contributed by atoms with van der Waals surface area (Å²) in [5.41, 5.74) is 4.78. The van der Waals surface area contributed by atoms with Crippen LogP contribution in [0.5, 0.6) is 0 Å². The van der Waals surface area contributed by atoms with Crippen molar-refractivity contribution in [2.75, 3.05) is 11.9 Å². The van der Waals surface area contributed by atoms with Crippen molar-refractivity contribution in [3.05, 3.63) is 41.7 Å². The second kappa shape index (κ2) is 6.22. The Hall–Kier alpha value is -1.94. The summed E-state index contributed by atoms with van der Waals surface area (Å²) in [4.78, 5) is 8.94. The number of hydrogen-bond donors (Lipinski definition) is 2. The highest BCUT2D eigenvalue weighted by Crippen LogP contribution is 2.33. The molecule has 1 aliphatic carbocycles. The maximum Gasteiger partial charge on any atom is 0.133 e. The Kier molecular flexibility index (Phi) is 4.15. The summed E-state index contributed by atoms with van der Waals surface area (Å²) in [6, 6.07) is 8.51. The number of aromatic nitrogens is 2. The first kappa shape index (κ1) is 14.0. The molecule has 0 saturated heterocycles. The van der Waals surface area contributed by atoms with Crippen molar-refractivity contribution in [3.8, 4) is 11.3 Å². The number of aliphatic hydroxyl groups is 1. The van der Waals surface area contributed by atoms with Gasteiger partial charge < -0.3 is 10.4 Å². The standard InChI is InChI=1S/C17H21N3O/c1-2-13(10-21)20-17-15-9-5-7-12-6-3-4-8-14(12)16(15)18-11-19-17/h3-4,6,8,11,13,21H,2,5,7,9-10H2,1H3,(H,18,19,20). The Bertz CT molecular complexity index is 623. The molecule has 110 valence electrons. The number of anilines is 1. The van der Waals surface area contributed by atoms with Crippen LogP contribution in [0, 0.1) is 0 Å². The molecule has 3 rings (SSSR count). The van der Waals surface area contributed by atoms with Crippen molar-refractivity contribution in [2.45, 2.75) is 38.6 Å². The van der Waals surface area contributed by atoms with Gasteiger partial charge in [-0.2, -0.15) is 0 Å². The van der Waals surface area contributed by atoms with Crippen molar-refractivity contribution < 1.29 is 5.11 Å². The molecule has 2 aromatic rings. The zero-order chi connectivity index (χ0) is 14.7. The quantitative estimate of drug-likeness (QED) is 0.906. The SMILES string of the molecule is CCC(CO)Nc1ncnc2c1CCCc1ccccc1-2. The third-order valence-electron chi connectivity index (χ3n) is 4.14. The van der Waals surface area contributed by atoms with Crippen LogP contribution >= 0.6 is 0 Å². The first-order chi connectivity index (χ1) is 10.3. The van der Waals surface area contributed by atoms with E-state index in [1.54, 1.807) is 6.33 Å². The fourth-order valence-electron chi connectivity index (χ4n) is 2.90. The normalized spacial score (nSPS) is 14.8. The molecule has 0 fully saturated rings. The number of fused-ring (bicyclic) bond motifs is 3. The predicted octanol–water partition coefficient (Wildman–Crippen LogP) is 2.82. The Morgan fingerprint density at radius 2 is 2.10 bits per heavy atom. The van der Waals surface area contributed by atoms with Crippen LogP contribution in [0.4, 0.5) is 5.82 Å². The van der Waals surface area contributed by atoms with E-state index in [0.29, 0.717) is 0 Å². The number of benzene rings is 1. The maximum absolute atomic E-state index is 9.40. The number of hydrogen-bond acceptors (Lipinski definition) is 4. The van der Waals surface area contributed by atoms with E-state index < -0.39 is 0 Å². The van der Waals surface area contributed by atoms with Gasteiger partial charge in [0.1, 0.15) is 12.1 Å². The van der Waals surface area contributed by atoms with Gasteiger partial charge in [0.05, 0.1) is 18.3 Å². The molecule has 0 aliphatic heterocycles. The summed E-state index contributed by atoms with van der Waals surface area (Å²) in [6.07, 6.45) is 5.62. The monoisotopic (exact) mass is 283 g/mol. The fourth-order valence-corrected chi connectivity index (χ4v) is 2.90. The van der Waals surface area contributed by atoms with Crippen LogP contribution < -0.4 is 5.32 Å². The van der Waals surface area contributed by atoms with Crippen LogP contribution in [0.3, 0.4) is 0 Å². The van der Waals surface area contributed by atoms with Crippen molar-refractivity contribution in [2.24, 2.45) is 0 Å². The molecule has 0 spiro atoms. The van der Waals surface area contributed by atoms with Gasteiger partial charge in [0, 0.05) is 11.1 Å². The molecule has 4 heteroatoms. The molecule has 2 N–H and O–H groups in total. The van der Waals surface area contributed by atoms with E-state index in [9.17, 15) is 5.11 Å². The third kappa shape index (κ3) is 2.76. The van der Waals surface area contributed by atoms with Gasteiger partial charge in [-0.1, -0.05) is 31.2 Å². The summed E-state index contributed by atoms with van der Waals surface area (Å²) < 4.78 is 0. The molecule has 21 heavy (non-hydrogen) atoms. The minimum atomic E-state index is 0.0440. The van der Waals surface area contributed by atoms with Crippen molar-refractivity contribution in [1.82, 2.24) is 9.97 Å². The topological polar surface area (TPSA) is 58.0 Å². The molecule has 1 atom stereocenters. The zero-order valence-electron chi connectivity index (χ0n) is 12.3. The molecule has 1 aliphatic rings. The van der Waals surface area contributed by atoms with E-state index in [4.69, 9.17) is 0 Å². The molecule has 0 amide bonds. The highest BCUT2D eigenvalue weighted by atomic mass is 16.3. The van der Waals surface area contributed by atoms with Crippen molar-refractivity contribution in [3.63, 3.8) is 0 Å². The third-order valence-corrected chi connectivity index (χ3v) is 4.14. The zero-order valence-corrected chi connectivity index (χ0v) is 12.3. The van der Waals surface area contributed by atoms with E-state index in [0.717, 1.165) is 37.2 Å². The highest BCUT2D eigenvalue weighted by molar-refractivity contribution is 5.72. The van der Waals surface area contributed by atoms with Crippen molar-refractivity contribution >= 4 is 5.82 Å². The molecular weight excluding hydrogens is 262 g/mol. The van der Waals surface area contributed by atoms with E-state index in [2.05, 4.69) is 46.5 Å². The number of aliphatic hydroxyl groups excluding tert-OH is 1. The second-order valence-electron chi connectivity index (χ2n) is 5.49. The molecule has 0 saturated carbocycles. The number of aryl methyl sites for hydroxylation is 1. The molecule has 1 aromatic heterocycles. The van der Waals surface area contributed by atoms with E-state index in [-0.39, 0.29) is 12.6 Å². The van der Waals surface area contributed by atoms with E-state index >= 15 is 0 Å². The lowest BCUT2D eigenvalue weighted by atomic mass is 10.0. The highest BCUT2D eigenvalue weighted by Gasteiger charge is 2.19. The van der Waals surface area contributed by atoms with Crippen LogP contribution in [0.25, 0.3) is 11.3 Å². The summed E-state index contributed by atoms with van der Waals surface area (Å²) in [5.74, 6) is 0.873. The van der Waals surface area contributed by atoms with Gasteiger partial charge in [-0.3, -0.25) is 0 Å². The van der Waals surface area contributed by atoms with Crippen LogP contribution in [0.2, 0.25) is 0 Å². The largest absolute Gasteiger partial charge is 0.394 e. The molecular formula is C17H21N3O. The molecule has 1 aromatic carbocycles. The molecule has 0 bridgehead atoms. The predicted molar refractivity (Wildman–Crippen MR) is 84.3 cm³/mol. The summed E-state index contributed by atoms with van der Waals surface area (Å²) >= 11 is 0. The summed E-state index contributed by atoms with van der Waals surface area (Å²) in [6.45, 7) is 2.18. The lowest BCUT2D eigenvalue weighted by Gasteiger charge is -2.18. The Labute approximate surface area is 125 Å². The number of nitrogens with one attached hydrogen (secondary N) is 1. The van der Waals surface area contributed by atoms with Gasteiger partial charge >= 0.3 is 0 Å². The Morgan fingerprint density at radius 3 is 2.90 bits per heavy atom. The average molecular weight is 283 g/mol. The van der Waals surface area contributed by atoms with Gasteiger partial charge in [-0.15, -0.1) is 0 Å². The number of nitrogens with zero attached hydrogens (tertiary/aromatic N) is 2. The Balaban J connectivity index is 2.05. The average Bonchev–Trinajstić information content (AvgIpc) is 2.72. The fraction of sp³-hybridized carbons (Fsp3) is 0.412. The van der Waals surface area contributed by atoms with Crippen LogP contribution in [-0.4, -0.2) is 27.7 Å². The molecule has 4 nitrogen and oxygen atoms in total. The summed E-state index contributed by atoms with van der Waals surface area (Å²) in [5, 5.41) is 12.8. The van der Waals surface area contributed by atoms with Gasteiger partial charge in [0.25, 0.3) is 0 Å². The maximum atomic E-state index is 9.40. The molecule has 1 unspecified atom stereocenters. The van der Waals surface area contributed by atoms with Crippen LogP contribution in [-0.2, 0) is 12.8 Å². The van der Waals surface area contributed by atoms with E-state index in [1.807, 2.05) is 0 Å². The second-order valence-corrected chi connectivity index (χ2v) is 5.49. The lowest BCUT2D eigenvalue weighted by Crippen LogP contribution is -2.24. The van der Waals surface area contributed by atoms with Crippen LogP contribution in [0.15, 0.2) is 30.6 Å². The minimum Gasteiger partial charge on any atom is -0.394 e. The Morgan fingerprint density at radius 1 is 1.24 bits per heavy atom. The first-order valence-corrected chi connectivity index (χ1v) is 7.63. The molecule has 0 radical (unpaired) electrons.